The van der Waals surface area contributed by atoms with Crippen LogP contribution in [0.25, 0.3) is 0 Å². The van der Waals surface area contributed by atoms with Crippen LogP contribution < -0.4 is 10.2 Å². The van der Waals surface area contributed by atoms with Gasteiger partial charge in [0.2, 0.25) is 0 Å². The minimum atomic E-state index is 0.0256. The first-order valence-corrected chi connectivity index (χ1v) is 8.11. The highest BCUT2D eigenvalue weighted by Gasteiger charge is 2.29. The van der Waals surface area contributed by atoms with Crippen LogP contribution in [-0.2, 0) is 4.79 Å². The van der Waals surface area contributed by atoms with E-state index in [9.17, 15) is 4.79 Å². The van der Waals surface area contributed by atoms with Gasteiger partial charge in [0.05, 0.1) is 13.1 Å². The summed E-state index contributed by atoms with van der Waals surface area (Å²) in [5.41, 5.74) is 4.53. The van der Waals surface area contributed by atoms with Gasteiger partial charge in [-0.25, -0.2) is 0 Å². The van der Waals surface area contributed by atoms with Crippen molar-refractivity contribution in [3.05, 3.63) is 28.8 Å². The summed E-state index contributed by atoms with van der Waals surface area (Å²) < 4.78 is 0. The van der Waals surface area contributed by atoms with Crippen molar-refractivity contribution in [1.82, 2.24) is 0 Å². The first-order valence-electron chi connectivity index (χ1n) is 8.11. The highest BCUT2D eigenvalue weighted by molar-refractivity contribution is 5.95. The first-order chi connectivity index (χ1) is 9.88. The number of carbonyl (C=O) groups is 1. The summed E-state index contributed by atoms with van der Waals surface area (Å²) >= 11 is 0. The van der Waals surface area contributed by atoms with E-state index >= 15 is 0 Å². The van der Waals surface area contributed by atoms with Crippen molar-refractivity contribution in [1.29, 1.82) is 0 Å². The van der Waals surface area contributed by atoms with Gasteiger partial charge in [-0.15, -0.1) is 0 Å². The predicted molar refractivity (Wildman–Crippen MR) is 87.8 cm³/mol. The molecule has 1 atom stereocenters. The van der Waals surface area contributed by atoms with Crippen molar-refractivity contribution in [3.63, 3.8) is 0 Å². The molecule has 1 aromatic carbocycles. The van der Waals surface area contributed by atoms with E-state index in [1.54, 1.807) is 0 Å². The van der Waals surface area contributed by atoms with Crippen molar-refractivity contribution >= 4 is 11.6 Å². The molecule has 1 aliphatic heterocycles. The third-order valence-electron chi connectivity index (χ3n) is 4.85. The molecule has 1 saturated heterocycles. The van der Waals surface area contributed by atoms with Gasteiger partial charge in [0, 0.05) is 5.69 Å². The number of anilines is 1. The molecule has 1 aromatic rings. The van der Waals surface area contributed by atoms with Crippen LogP contribution in [0.15, 0.2) is 12.1 Å². The monoisotopic (exact) mass is 289 g/mol. The second-order valence-corrected chi connectivity index (χ2v) is 6.83. The molecule has 0 radical (unpaired) electrons. The number of hydrogen-bond donors (Lipinski definition) is 2. The van der Waals surface area contributed by atoms with Gasteiger partial charge >= 0.3 is 0 Å². The molecule has 0 saturated carbocycles. The lowest BCUT2D eigenvalue weighted by atomic mass is 9.98. The Kier molecular flexibility index (Phi) is 5.04. The summed E-state index contributed by atoms with van der Waals surface area (Å²) in [6.45, 7) is 12.8. The molecule has 2 N–H and O–H groups in total. The minimum absolute atomic E-state index is 0.0256. The topological polar surface area (TPSA) is 33.5 Å². The van der Waals surface area contributed by atoms with Crippen LogP contribution in [0.2, 0.25) is 0 Å². The number of piperidine rings is 1. The summed E-state index contributed by atoms with van der Waals surface area (Å²) in [5, 5.41) is 3.15. The average molecular weight is 289 g/mol. The van der Waals surface area contributed by atoms with E-state index in [0.717, 1.165) is 35.8 Å². The number of carbonyl (C=O) groups excluding carboxylic acids is 1. The Hall–Kier alpha value is -1.35. The van der Waals surface area contributed by atoms with Gasteiger partial charge in [-0.1, -0.05) is 24.6 Å². The highest BCUT2D eigenvalue weighted by Crippen LogP contribution is 2.22. The molecule has 3 nitrogen and oxygen atoms in total. The van der Waals surface area contributed by atoms with Gasteiger partial charge in [-0.2, -0.15) is 0 Å². The van der Waals surface area contributed by atoms with E-state index in [4.69, 9.17) is 0 Å². The van der Waals surface area contributed by atoms with E-state index in [-0.39, 0.29) is 11.9 Å². The largest absolute Gasteiger partial charge is 0.325 e. The summed E-state index contributed by atoms with van der Waals surface area (Å²) in [4.78, 5) is 14.0. The number of aryl methyl sites for hydroxylation is 3. The molecule has 21 heavy (non-hydrogen) atoms. The second kappa shape index (κ2) is 6.61. The average Bonchev–Trinajstić information content (AvgIpc) is 2.42. The third kappa shape index (κ3) is 3.85. The smallest absolute Gasteiger partial charge is 0.282 e. The number of benzene rings is 1. The Morgan fingerprint density at radius 3 is 2.24 bits per heavy atom. The van der Waals surface area contributed by atoms with E-state index in [2.05, 4.69) is 52.1 Å². The van der Waals surface area contributed by atoms with Crippen LogP contribution >= 0.6 is 0 Å². The Balaban J connectivity index is 2.04. The van der Waals surface area contributed by atoms with Crippen molar-refractivity contribution in [3.8, 4) is 0 Å². The van der Waals surface area contributed by atoms with Crippen molar-refractivity contribution in [2.24, 2.45) is 5.92 Å². The Morgan fingerprint density at radius 2 is 1.71 bits per heavy atom. The van der Waals surface area contributed by atoms with Gasteiger partial charge in [0.25, 0.3) is 5.91 Å². The Morgan fingerprint density at radius 1 is 1.19 bits per heavy atom. The van der Waals surface area contributed by atoms with E-state index in [0.29, 0.717) is 0 Å². The number of quaternary nitrogens is 1. The molecular formula is C18H29N2O+. The van der Waals surface area contributed by atoms with Gasteiger partial charge in [0.1, 0.15) is 0 Å². The zero-order valence-electron chi connectivity index (χ0n) is 14.0. The molecule has 0 aliphatic carbocycles. The molecule has 2 rings (SSSR count). The normalized spacial score (nSPS) is 23.7. The molecule has 0 aromatic heterocycles. The van der Waals surface area contributed by atoms with Crippen LogP contribution in [-0.4, -0.2) is 25.0 Å². The second-order valence-electron chi connectivity index (χ2n) is 6.83. The number of hydrogen-bond acceptors (Lipinski definition) is 1. The summed E-state index contributed by atoms with van der Waals surface area (Å²) in [5.74, 6) is 0.959. The fourth-order valence-electron chi connectivity index (χ4n) is 3.36. The summed E-state index contributed by atoms with van der Waals surface area (Å²) in [6, 6.07) is 4.28. The van der Waals surface area contributed by atoms with Gasteiger partial charge in [-0.3, -0.25) is 4.79 Å². The van der Waals surface area contributed by atoms with Crippen molar-refractivity contribution < 1.29 is 9.69 Å². The number of rotatable bonds is 3. The number of likely N-dealkylation sites (tertiary alicyclic amines) is 1. The maximum absolute atomic E-state index is 12.6. The van der Waals surface area contributed by atoms with E-state index < -0.39 is 0 Å². The number of nitrogens with one attached hydrogen (secondary N) is 2. The molecule has 1 heterocycles. The zero-order chi connectivity index (χ0) is 15.6. The van der Waals surface area contributed by atoms with Crippen LogP contribution in [0.3, 0.4) is 0 Å². The van der Waals surface area contributed by atoms with Crippen LogP contribution in [0, 0.1) is 26.7 Å². The molecule has 0 unspecified atom stereocenters. The maximum atomic E-state index is 12.6. The quantitative estimate of drug-likeness (QED) is 0.879. The van der Waals surface area contributed by atoms with Crippen LogP contribution in [0.1, 0.15) is 43.4 Å². The fourth-order valence-corrected chi connectivity index (χ4v) is 3.36. The molecule has 0 bridgehead atoms. The summed E-state index contributed by atoms with van der Waals surface area (Å²) in [7, 11) is 0. The van der Waals surface area contributed by atoms with Gasteiger partial charge in [-0.05, 0) is 57.6 Å². The summed E-state index contributed by atoms with van der Waals surface area (Å²) in [6.07, 6.45) is 2.46. The molecule has 1 fully saturated rings. The molecule has 3 heteroatoms. The zero-order valence-corrected chi connectivity index (χ0v) is 14.0. The Bertz CT molecular complexity index is 493. The lowest BCUT2D eigenvalue weighted by Gasteiger charge is -2.31. The first kappa shape index (κ1) is 16.0. The maximum Gasteiger partial charge on any atom is 0.282 e. The lowest BCUT2D eigenvalue weighted by Crippen LogP contribution is -3.17. The van der Waals surface area contributed by atoms with Crippen molar-refractivity contribution in [2.75, 3.05) is 18.4 Å². The molecule has 0 spiro atoms. The Labute approximate surface area is 128 Å². The SMILES string of the molecule is Cc1cc(C)c(NC(=O)[C@@H](C)[NH+]2CCC(C)CC2)c(C)c1. The standard InChI is InChI=1S/C18H28N2O/c1-12-6-8-20(9-7-12)16(5)18(21)19-17-14(3)10-13(2)11-15(17)4/h10-12,16H,6-9H2,1-5H3,(H,19,21)/p+1/t16-/m1/s1. The van der Waals surface area contributed by atoms with Gasteiger partial charge < -0.3 is 10.2 Å². The molecule has 116 valence electrons. The van der Waals surface area contributed by atoms with E-state index in [1.165, 1.54) is 23.3 Å². The molecule has 1 aliphatic rings. The predicted octanol–water partition coefficient (Wildman–Crippen LogP) is 2.25. The lowest BCUT2D eigenvalue weighted by molar-refractivity contribution is -0.919. The number of amides is 1. The van der Waals surface area contributed by atoms with E-state index in [1.807, 2.05) is 0 Å². The van der Waals surface area contributed by atoms with Crippen LogP contribution in [0.5, 0.6) is 0 Å². The molecular weight excluding hydrogens is 260 g/mol. The highest BCUT2D eigenvalue weighted by atomic mass is 16.2. The molecule has 1 amide bonds. The van der Waals surface area contributed by atoms with Gasteiger partial charge in [0.15, 0.2) is 6.04 Å². The minimum Gasteiger partial charge on any atom is -0.325 e. The van der Waals surface area contributed by atoms with Crippen molar-refractivity contribution in [2.45, 2.75) is 53.5 Å². The fraction of sp³-hybridized carbons (Fsp3) is 0.611. The van der Waals surface area contributed by atoms with Crippen LogP contribution in [0.4, 0.5) is 5.69 Å². The third-order valence-corrected chi connectivity index (χ3v) is 4.85.